The fraction of sp³-hybridized carbons (Fsp3) is 0.304. The van der Waals surface area contributed by atoms with Gasteiger partial charge in [0.05, 0.1) is 34.4 Å². The second-order valence-electron chi connectivity index (χ2n) is 8.81. The molecule has 0 radical (unpaired) electrons. The zero-order valence-electron chi connectivity index (χ0n) is 18.3. The molecule has 6 nitrogen and oxygen atoms in total. The number of aryl methyl sites for hydroxylation is 1. The predicted octanol–water partition coefficient (Wildman–Crippen LogP) is 5.94. The summed E-state index contributed by atoms with van der Waals surface area (Å²) in [6.07, 6.45) is 3.59. The van der Waals surface area contributed by atoms with Gasteiger partial charge in [0, 0.05) is 31.0 Å². The summed E-state index contributed by atoms with van der Waals surface area (Å²) in [5.74, 6) is 0. The van der Waals surface area contributed by atoms with E-state index in [0.29, 0.717) is 6.73 Å². The van der Waals surface area contributed by atoms with Gasteiger partial charge in [-0.3, -0.25) is 9.97 Å². The van der Waals surface area contributed by atoms with Crippen LogP contribution in [0.15, 0.2) is 53.4 Å². The van der Waals surface area contributed by atoms with Crippen LogP contribution in [0.4, 0.5) is 0 Å². The summed E-state index contributed by atoms with van der Waals surface area (Å²) in [5, 5.41) is 0. The Balaban J connectivity index is 1.73. The van der Waals surface area contributed by atoms with Gasteiger partial charge in [-0.05, 0) is 59.2 Å². The molecule has 0 fully saturated rings. The Kier molecular flexibility index (Phi) is 6.31. The van der Waals surface area contributed by atoms with Crippen LogP contribution in [0, 0.1) is 6.92 Å². The molecule has 0 saturated heterocycles. The maximum atomic E-state index is 6.02. The smallest absolute Gasteiger partial charge is 0.124 e. The standard InChI is InChI=1S/C23H26BrN5OSi/c1-16-6-5-7-20(27-16)23-22(26-14-29(23)15-30-10-11-31(2,3)4)19-9-8-18-21(28-19)12-17(24)13-25-18/h5-9,12-14H,10-11,15H2,1-4H3. The molecule has 0 aliphatic heterocycles. The Bertz CT molecular complexity index is 1220. The van der Waals surface area contributed by atoms with Gasteiger partial charge < -0.3 is 9.30 Å². The second-order valence-corrected chi connectivity index (χ2v) is 15.3. The zero-order valence-corrected chi connectivity index (χ0v) is 20.8. The summed E-state index contributed by atoms with van der Waals surface area (Å²) in [6, 6.07) is 13.0. The molecule has 0 atom stereocenters. The van der Waals surface area contributed by atoms with Gasteiger partial charge in [-0.15, -0.1) is 0 Å². The van der Waals surface area contributed by atoms with E-state index >= 15 is 0 Å². The van der Waals surface area contributed by atoms with E-state index in [1.54, 1.807) is 6.20 Å². The summed E-state index contributed by atoms with van der Waals surface area (Å²) in [7, 11) is -1.14. The van der Waals surface area contributed by atoms with Crippen molar-refractivity contribution in [3.63, 3.8) is 0 Å². The maximum absolute atomic E-state index is 6.02. The lowest BCUT2D eigenvalue weighted by molar-refractivity contribution is 0.0881. The predicted molar refractivity (Wildman–Crippen MR) is 131 cm³/mol. The van der Waals surface area contributed by atoms with Crippen LogP contribution in [0.1, 0.15) is 5.69 Å². The molecule has 0 spiro atoms. The highest BCUT2D eigenvalue weighted by atomic mass is 79.9. The van der Waals surface area contributed by atoms with Gasteiger partial charge in [-0.1, -0.05) is 25.7 Å². The molecule has 4 heterocycles. The van der Waals surface area contributed by atoms with E-state index in [-0.39, 0.29) is 0 Å². The lowest BCUT2D eigenvalue weighted by Crippen LogP contribution is -2.22. The third kappa shape index (κ3) is 5.26. The third-order valence-electron chi connectivity index (χ3n) is 4.94. The largest absolute Gasteiger partial charge is 0.361 e. The molecule has 160 valence electrons. The number of rotatable bonds is 7. The molecule has 4 aromatic rings. The Morgan fingerprint density at radius 1 is 1.00 bits per heavy atom. The molecular formula is C23H26BrN5OSi. The quantitative estimate of drug-likeness (QED) is 0.234. The van der Waals surface area contributed by atoms with Crippen LogP contribution in [0.5, 0.6) is 0 Å². The fourth-order valence-corrected chi connectivity index (χ4v) is 4.34. The van der Waals surface area contributed by atoms with Crippen molar-refractivity contribution in [1.82, 2.24) is 24.5 Å². The first-order chi connectivity index (χ1) is 14.8. The van der Waals surface area contributed by atoms with Crippen molar-refractivity contribution in [3.8, 4) is 22.8 Å². The topological polar surface area (TPSA) is 65.7 Å². The van der Waals surface area contributed by atoms with Gasteiger partial charge in [-0.25, -0.2) is 9.97 Å². The highest BCUT2D eigenvalue weighted by molar-refractivity contribution is 9.10. The van der Waals surface area contributed by atoms with Crippen LogP contribution < -0.4 is 0 Å². The van der Waals surface area contributed by atoms with E-state index < -0.39 is 8.07 Å². The molecule has 0 saturated carbocycles. The van der Waals surface area contributed by atoms with Crippen molar-refractivity contribution in [2.75, 3.05) is 6.61 Å². The Hall–Kier alpha value is -2.42. The number of hydrogen-bond donors (Lipinski definition) is 0. The van der Waals surface area contributed by atoms with Gasteiger partial charge in [0.25, 0.3) is 0 Å². The van der Waals surface area contributed by atoms with Gasteiger partial charge in [0.15, 0.2) is 0 Å². The molecule has 0 aliphatic rings. The fourth-order valence-electron chi connectivity index (χ4n) is 3.27. The van der Waals surface area contributed by atoms with E-state index in [9.17, 15) is 0 Å². The number of ether oxygens (including phenoxy) is 1. The average molecular weight is 496 g/mol. The Labute approximate surface area is 191 Å². The van der Waals surface area contributed by atoms with Crippen molar-refractivity contribution >= 4 is 35.0 Å². The normalized spacial score (nSPS) is 11.9. The van der Waals surface area contributed by atoms with Crippen molar-refractivity contribution in [3.05, 3.63) is 59.1 Å². The molecule has 0 bridgehead atoms. The van der Waals surface area contributed by atoms with E-state index in [2.05, 4.69) is 40.6 Å². The number of fused-ring (bicyclic) bond motifs is 1. The number of halogens is 1. The third-order valence-corrected chi connectivity index (χ3v) is 7.08. The Morgan fingerprint density at radius 2 is 1.84 bits per heavy atom. The van der Waals surface area contributed by atoms with Crippen LogP contribution in [-0.2, 0) is 11.5 Å². The van der Waals surface area contributed by atoms with Gasteiger partial charge in [0.1, 0.15) is 12.4 Å². The summed E-state index contributed by atoms with van der Waals surface area (Å²) in [5.41, 5.74) is 5.95. The van der Waals surface area contributed by atoms with E-state index in [4.69, 9.17) is 19.7 Å². The van der Waals surface area contributed by atoms with Crippen LogP contribution in [0.25, 0.3) is 33.8 Å². The minimum Gasteiger partial charge on any atom is -0.361 e. The molecule has 0 N–H and O–H groups in total. The molecular weight excluding hydrogens is 470 g/mol. The highest BCUT2D eigenvalue weighted by Gasteiger charge is 2.19. The molecule has 0 amide bonds. The first-order valence-corrected chi connectivity index (χ1v) is 14.8. The van der Waals surface area contributed by atoms with Crippen molar-refractivity contribution in [1.29, 1.82) is 0 Å². The lowest BCUT2D eigenvalue weighted by Gasteiger charge is -2.16. The summed E-state index contributed by atoms with van der Waals surface area (Å²) < 4.78 is 8.93. The van der Waals surface area contributed by atoms with E-state index in [1.807, 2.05) is 54.2 Å². The van der Waals surface area contributed by atoms with E-state index in [1.165, 1.54) is 0 Å². The van der Waals surface area contributed by atoms with Crippen molar-refractivity contribution in [2.24, 2.45) is 0 Å². The highest BCUT2D eigenvalue weighted by Crippen LogP contribution is 2.30. The molecule has 31 heavy (non-hydrogen) atoms. The minimum absolute atomic E-state index is 0.434. The molecule has 0 unspecified atom stereocenters. The number of aromatic nitrogens is 5. The monoisotopic (exact) mass is 495 g/mol. The number of nitrogens with zero attached hydrogens (tertiary/aromatic N) is 5. The van der Waals surface area contributed by atoms with Crippen LogP contribution in [0.2, 0.25) is 25.7 Å². The number of pyridine rings is 3. The maximum Gasteiger partial charge on any atom is 0.124 e. The first-order valence-electron chi connectivity index (χ1n) is 10.3. The first kappa shape index (κ1) is 21.8. The summed E-state index contributed by atoms with van der Waals surface area (Å²) in [6.45, 7) is 10.2. The summed E-state index contributed by atoms with van der Waals surface area (Å²) >= 11 is 3.48. The second kappa shape index (κ2) is 8.98. The van der Waals surface area contributed by atoms with Crippen molar-refractivity contribution in [2.45, 2.75) is 39.3 Å². The van der Waals surface area contributed by atoms with Gasteiger partial charge >= 0.3 is 0 Å². The number of hydrogen-bond acceptors (Lipinski definition) is 5. The van der Waals surface area contributed by atoms with Gasteiger partial charge in [-0.2, -0.15) is 0 Å². The molecule has 8 heteroatoms. The van der Waals surface area contributed by atoms with Crippen LogP contribution >= 0.6 is 15.9 Å². The molecule has 0 aliphatic carbocycles. The number of imidazole rings is 1. The van der Waals surface area contributed by atoms with Crippen LogP contribution in [0.3, 0.4) is 0 Å². The van der Waals surface area contributed by atoms with Crippen molar-refractivity contribution < 1.29 is 4.74 Å². The minimum atomic E-state index is -1.14. The zero-order chi connectivity index (χ0) is 22.0. The summed E-state index contributed by atoms with van der Waals surface area (Å²) in [4.78, 5) is 18.7. The van der Waals surface area contributed by atoms with E-state index in [0.717, 1.165) is 56.6 Å². The van der Waals surface area contributed by atoms with Gasteiger partial charge in [0.2, 0.25) is 0 Å². The molecule has 4 rings (SSSR count). The molecule has 4 aromatic heterocycles. The average Bonchev–Trinajstić information content (AvgIpc) is 3.14. The Morgan fingerprint density at radius 3 is 2.61 bits per heavy atom. The lowest BCUT2D eigenvalue weighted by atomic mass is 10.1. The molecule has 0 aromatic carbocycles. The van der Waals surface area contributed by atoms with Crippen LogP contribution in [-0.4, -0.2) is 39.2 Å². The SMILES string of the molecule is Cc1cccc(-c2c(-c3ccc4ncc(Br)cc4n3)ncn2COCC[Si](C)(C)C)n1.